The summed E-state index contributed by atoms with van der Waals surface area (Å²) in [5.74, 6) is 1.02. The third-order valence-corrected chi connectivity index (χ3v) is 2.96. The van der Waals surface area contributed by atoms with Gasteiger partial charge in [-0.2, -0.15) is 0 Å². The van der Waals surface area contributed by atoms with Crippen molar-refractivity contribution >= 4 is 17.3 Å². The highest BCUT2D eigenvalue weighted by atomic mass is 35.5. The van der Waals surface area contributed by atoms with E-state index in [-0.39, 0.29) is 11.7 Å². The highest BCUT2D eigenvalue weighted by Crippen LogP contribution is 2.27. The first-order chi connectivity index (χ1) is 9.08. The molecule has 0 unspecified atom stereocenters. The standard InChI is InChI=1S/C15H15ClFNO/c1-18(2)13-4-3-5-14(9-13)19-15-7-11(10-16)6-12(17)8-15/h3-9H,10H2,1-2H3. The highest BCUT2D eigenvalue weighted by Gasteiger charge is 2.04. The van der Waals surface area contributed by atoms with Gasteiger partial charge in [0.15, 0.2) is 0 Å². The van der Waals surface area contributed by atoms with Gasteiger partial charge in [0.2, 0.25) is 0 Å². The minimum absolute atomic E-state index is 0.256. The second kappa shape index (κ2) is 5.93. The lowest BCUT2D eigenvalue weighted by atomic mass is 10.2. The van der Waals surface area contributed by atoms with Gasteiger partial charge < -0.3 is 9.64 Å². The van der Waals surface area contributed by atoms with Crippen molar-refractivity contribution in [3.63, 3.8) is 0 Å². The molecule has 0 aliphatic rings. The second-order valence-corrected chi connectivity index (χ2v) is 4.69. The summed E-state index contributed by atoms with van der Waals surface area (Å²) in [5, 5.41) is 0. The van der Waals surface area contributed by atoms with Crippen molar-refractivity contribution in [3.05, 3.63) is 53.8 Å². The SMILES string of the molecule is CN(C)c1cccc(Oc2cc(F)cc(CCl)c2)c1. The molecule has 0 aliphatic heterocycles. The van der Waals surface area contributed by atoms with Crippen molar-refractivity contribution in [2.75, 3.05) is 19.0 Å². The predicted molar refractivity (Wildman–Crippen MR) is 76.8 cm³/mol. The van der Waals surface area contributed by atoms with Crippen molar-refractivity contribution < 1.29 is 9.13 Å². The van der Waals surface area contributed by atoms with Crippen LogP contribution in [0.3, 0.4) is 0 Å². The predicted octanol–water partition coefficient (Wildman–Crippen LogP) is 4.42. The van der Waals surface area contributed by atoms with Crippen molar-refractivity contribution in [3.8, 4) is 11.5 Å². The van der Waals surface area contributed by atoms with Crippen LogP contribution in [0, 0.1) is 5.82 Å². The van der Waals surface area contributed by atoms with E-state index in [1.165, 1.54) is 12.1 Å². The number of benzene rings is 2. The number of nitrogens with zero attached hydrogens (tertiary/aromatic N) is 1. The Kier molecular flexibility index (Phi) is 4.27. The lowest BCUT2D eigenvalue weighted by molar-refractivity contribution is 0.476. The fourth-order valence-corrected chi connectivity index (χ4v) is 1.87. The Morgan fingerprint density at radius 3 is 2.58 bits per heavy atom. The zero-order valence-corrected chi connectivity index (χ0v) is 11.6. The molecule has 4 heteroatoms. The first kappa shape index (κ1) is 13.7. The van der Waals surface area contributed by atoms with Gasteiger partial charge in [0.05, 0.1) is 0 Å². The first-order valence-corrected chi connectivity index (χ1v) is 6.42. The number of ether oxygens (including phenoxy) is 1. The fourth-order valence-electron chi connectivity index (χ4n) is 1.72. The Balaban J connectivity index is 2.25. The summed E-state index contributed by atoms with van der Waals surface area (Å²) < 4.78 is 19.0. The monoisotopic (exact) mass is 279 g/mol. The van der Waals surface area contributed by atoms with E-state index in [1.54, 1.807) is 6.07 Å². The van der Waals surface area contributed by atoms with Crippen LogP contribution in [0.4, 0.5) is 10.1 Å². The van der Waals surface area contributed by atoms with Crippen LogP contribution in [0.25, 0.3) is 0 Å². The van der Waals surface area contributed by atoms with E-state index in [9.17, 15) is 4.39 Å². The third kappa shape index (κ3) is 3.61. The minimum atomic E-state index is -0.350. The van der Waals surface area contributed by atoms with Crippen molar-refractivity contribution in [1.29, 1.82) is 0 Å². The molecule has 0 heterocycles. The van der Waals surface area contributed by atoms with Crippen molar-refractivity contribution in [2.24, 2.45) is 0 Å². The molecular weight excluding hydrogens is 265 g/mol. The van der Waals surface area contributed by atoms with E-state index in [1.807, 2.05) is 43.3 Å². The number of anilines is 1. The van der Waals surface area contributed by atoms with E-state index < -0.39 is 0 Å². The Morgan fingerprint density at radius 2 is 1.89 bits per heavy atom. The largest absolute Gasteiger partial charge is 0.457 e. The first-order valence-electron chi connectivity index (χ1n) is 5.89. The molecule has 0 atom stereocenters. The van der Waals surface area contributed by atoms with Crippen LogP contribution < -0.4 is 9.64 Å². The lowest BCUT2D eigenvalue weighted by Crippen LogP contribution is -2.08. The van der Waals surface area contributed by atoms with Gasteiger partial charge in [-0.25, -0.2) is 4.39 Å². The summed E-state index contributed by atoms with van der Waals surface area (Å²) in [6.45, 7) is 0. The molecule has 0 saturated heterocycles. The molecule has 0 bridgehead atoms. The van der Waals surface area contributed by atoms with Gasteiger partial charge in [0.25, 0.3) is 0 Å². The van der Waals surface area contributed by atoms with Gasteiger partial charge >= 0.3 is 0 Å². The maximum Gasteiger partial charge on any atom is 0.130 e. The van der Waals surface area contributed by atoms with Gasteiger partial charge in [-0.15, -0.1) is 11.6 Å². The van der Waals surface area contributed by atoms with Crippen LogP contribution in [0.5, 0.6) is 11.5 Å². The third-order valence-electron chi connectivity index (χ3n) is 2.66. The zero-order chi connectivity index (χ0) is 13.8. The maximum atomic E-state index is 13.4. The molecule has 0 aromatic heterocycles. The molecule has 0 spiro atoms. The van der Waals surface area contributed by atoms with Crippen LogP contribution in [-0.2, 0) is 5.88 Å². The summed E-state index contributed by atoms with van der Waals surface area (Å²) in [6.07, 6.45) is 0. The fraction of sp³-hybridized carbons (Fsp3) is 0.200. The van der Waals surface area contributed by atoms with Crippen LogP contribution >= 0.6 is 11.6 Å². The normalized spacial score (nSPS) is 10.3. The second-order valence-electron chi connectivity index (χ2n) is 4.42. The molecule has 2 rings (SSSR count). The molecule has 0 fully saturated rings. The Bertz CT molecular complexity index is 572. The quantitative estimate of drug-likeness (QED) is 0.768. The smallest absolute Gasteiger partial charge is 0.130 e. The summed E-state index contributed by atoms with van der Waals surface area (Å²) >= 11 is 5.71. The molecule has 100 valence electrons. The number of hydrogen-bond donors (Lipinski definition) is 0. The van der Waals surface area contributed by atoms with Gasteiger partial charge in [0, 0.05) is 37.8 Å². The molecule has 0 saturated carbocycles. The lowest BCUT2D eigenvalue weighted by Gasteiger charge is -2.14. The van der Waals surface area contributed by atoms with E-state index in [2.05, 4.69) is 0 Å². The van der Waals surface area contributed by atoms with Gasteiger partial charge in [0.1, 0.15) is 17.3 Å². The van der Waals surface area contributed by atoms with Gasteiger partial charge in [-0.1, -0.05) is 6.07 Å². The molecule has 0 aliphatic carbocycles. The van der Waals surface area contributed by atoms with Crippen LogP contribution in [-0.4, -0.2) is 14.1 Å². The summed E-state index contributed by atoms with van der Waals surface area (Å²) in [4.78, 5) is 1.97. The van der Waals surface area contributed by atoms with Gasteiger partial charge in [-0.05, 0) is 29.8 Å². The molecule has 2 aromatic carbocycles. The van der Waals surface area contributed by atoms with Crippen molar-refractivity contribution in [1.82, 2.24) is 0 Å². The summed E-state index contributed by atoms with van der Waals surface area (Å²) in [6, 6.07) is 12.1. The Labute approximate surface area is 117 Å². The van der Waals surface area contributed by atoms with Crippen LogP contribution in [0.2, 0.25) is 0 Å². The van der Waals surface area contributed by atoms with E-state index in [0.717, 1.165) is 5.69 Å². The molecule has 0 radical (unpaired) electrons. The average molecular weight is 280 g/mol. The number of rotatable bonds is 4. The molecule has 19 heavy (non-hydrogen) atoms. The Hall–Kier alpha value is -1.74. The minimum Gasteiger partial charge on any atom is -0.457 e. The average Bonchev–Trinajstić information content (AvgIpc) is 2.38. The molecule has 2 nitrogen and oxygen atoms in total. The topological polar surface area (TPSA) is 12.5 Å². The molecule has 0 amide bonds. The number of halogens is 2. The summed E-state index contributed by atoms with van der Waals surface area (Å²) in [5.41, 5.74) is 1.71. The molecular formula is C15H15ClFNO. The van der Waals surface area contributed by atoms with Crippen LogP contribution in [0.1, 0.15) is 5.56 Å². The Morgan fingerprint density at radius 1 is 1.11 bits per heavy atom. The zero-order valence-electron chi connectivity index (χ0n) is 10.9. The summed E-state index contributed by atoms with van der Waals surface area (Å²) in [7, 11) is 3.90. The number of hydrogen-bond acceptors (Lipinski definition) is 2. The van der Waals surface area contributed by atoms with Crippen molar-refractivity contribution in [2.45, 2.75) is 5.88 Å². The van der Waals surface area contributed by atoms with Crippen LogP contribution in [0.15, 0.2) is 42.5 Å². The maximum absolute atomic E-state index is 13.4. The van der Waals surface area contributed by atoms with E-state index in [0.29, 0.717) is 17.1 Å². The molecule has 2 aromatic rings. The molecule has 0 N–H and O–H groups in total. The van der Waals surface area contributed by atoms with Gasteiger partial charge in [-0.3, -0.25) is 0 Å². The van der Waals surface area contributed by atoms with E-state index in [4.69, 9.17) is 16.3 Å². The van der Waals surface area contributed by atoms with E-state index >= 15 is 0 Å². The number of alkyl halides is 1. The highest BCUT2D eigenvalue weighted by molar-refractivity contribution is 6.17.